The summed E-state index contributed by atoms with van der Waals surface area (Å²) in [4.78, 5) is 0. The lowest BCUT2D eigenvalue weighted by atomic mass is 10.1. The van der Waals surface area contributed by atoms with E-state index in [4.69, 9.17) is 4.11 Å². The van der Waals surface area contributed by atoms with E-state index < -0.39 is 6.98 Å². The molecule has 0 amide bonds. The van der Waals surface area contributed by atoms with Crippen LogP contribution in [-0.4, -0.2) is 9.13 Å². The third-order valence-corrected chi connectivity index (χ3v) is 5.37. The van der Waals surface area contributed by atoms with Crippen molar-refractivity contribution in [3.8, 4) is 17.1 Å². The molecular weight excluding hydrogens is 318 g/mol. The largest absolute Gasteiger partial charge is 0.270 e. The van der Waals surface area contributed by atoms with Gasteiger partial charge in [-0.1, -0.05) is 48.5 Å². The molecule has 0 spiro atoms. The van der Waals surface area contributed by atoms with Crippen LogP contribution in [0.5, 0.6) is 0 Å². The summed E-state index contributed by atoms with van der Waals surface area (Å²) in [7, 11) is 0. The van der Waals surface area contributed by atoms with Gasteiger partial charge in [0.15, 0.2) is 5.52 Å². The number of imidazole rings is 1. The van der Waals surface area contributed by atoms with Gasteiger partial charge in [0.25, 0.3) is 5.65 Å². The van der Waals surface area contributed by atoms with Crippen LogP contribution in [0.3, 0.4) is 0 Å². The minimum atomic E-state index is -2.28. The van der Waals surface area contributed by atoms with Gasteiger partial charge in [-0.25, -0.2) is 9.13 Å². The highest BCUT2D eigenvalue weighted by Gasteiger charge is 2.36. The number of benzene rings is 3. The molecule has 124 valence electrons. The van der Waals surface area contributed by atoms with E-state index in [1.54, 1.807) is 0 Å². The topological polar surface area (TPSA) is 13.7 Å². The zero-order valence-electron chi connectivity index (χ0n) is 17.1. The minimum absolute atomic E-state index is 0.661. The predicted octanol–water partition coefficient (Wildman–Crippen LogP) is 4.44. The summed E-state index contributed by atoms with van der Waals surface area (Å²) in [5.74, 6) is 1.03. The maximum Gasteiger partial charge on any atom is 0.270 e. The number of fused-ring (bicyclic) bond motifs is 7. The summed E-state index contributed by atoms with van der Waals surface area (Å²) >= 11 is 0. The number of rotatable bonds is 1. The zero-order chi connectivity index (χ0) is 19.8. The van der Waals surface area contributed by atoms with E-state index in [1.165, 1.54) is 10.1 Å². The van der Waals surface area contributed by atoms with Gasteiger partial charge in [0.1, 0.15) is 11.2 Å². The average Bonchev–Trinajstić information content (AvgIpc) is 3.34. The number of aromatic nitrogens is 3. The number of nitrogens with zero attached hydrogens (tertiary/aromatic N) is 3. The summed E-state index contributed by atoms with van der Waals surface area (Å²) in [6.45, 7) is -1.62. The van der Waals surface area contributed by atoms with E-state index in [-0.39, 0.29) is 0 Å². The molecule has 0 atom stereocenters. The number of hydrogen-bond acceptors (Lipinski definition) is 0. The summed E-state index contributed by atoms with van der Waals surface area (Å²) < 4.78 is 30.7. The Morgan fingerprint density at radius 1 is 0.885 bits per heavy atom. The first-order valence-corrected chi connectivity index (χ1v) is 8.77. The van der Waals surface area contributed by atoms with Crippen LogP contribution in [0.4, 0.5) is 0 Å². The van der Waals surface area contributed by atoms with E-state index in [0.717, 1.165) is 39.1 Å². The second kappa shape index (κ2) is 4.85. The smallest absolute Gasteiger partial charge is 0.259 e. The van der Waals surface area contributed by atoms with Crippen LogP contribution >= 0.6 is 0 Å². The first kappa shape index (κ1) is 11.3. The molecule has 26 heavy (non-hydrogen) atoms. The summed E-state index contributed by atoms with van der Waals surface area (Å²) in [6.07, 6.45) is 0. The molecule has 0 fully saturated rings. The highest BCUT2D eigenvalue weighted by molar-refractivity contribution is 6.05. The Morgan fingerprint density at radius 2 is 1.65 bits per heavy atom. The molecule has 0 unspecified atom stereocenters. The molecule has 0 radical (unpaired) electrons. The van der Waals surface area contributed by atoms with Crippen LogP contribution in [0, 0.1) is 0 Å². The Morgan fingerprint density at radius 3 is 2.54 bits per heavy atom. The van der Waals surface area contributed by atoms with Crippen LogP contribution < -0.4 is 4.57 Å². The average molecular weight is 339 g/mol. The molecule has 0 N–H and O–H groups in total. The minimum Gasteiger partial charge on any atom is -0.259 e. The molecule has 3 heterocycles. The molecule has 3 nitrogen and oxygen atoms in total. The Bertz CT molecular complexity index is 1410. The first-order chi connectivity index (χ1) is 14.1. The van der Waals surface area contributed by atoms with Crippen LogP contribution in [0.1, 0.15) is 9.68 Å². The maximum absolute atomic E-state index is 8.26. The Balaban J connectivity index is 1.89. The SMILES string of the molecule is [2H]C([2H])([2H])n1c2ccccc2c2c1[n+]1c(n2-c2ccccc2)-c2ccccc2C1. The van der Waals surface area contributed by atoms with Crippen molar-refractivity contribution in [3.63, 3.8) is 0 Å². The van der Waals surface area contributed by atoms with Crippen LogP contribution in [0.25, 0.3) is 39.1 Å². The zero-order valence-corrected chi connectivity index (χ0v) is 14.1. The van der Waals surface area contributed by atoms with Gasteiger partial charge in [0, 0.05) is 5.56 Å². The Hall–Kier alpha value is -3.33. The lowest BCUT2D eigenvalue weighted by molar-refractivity contribution is -0.648. The van der Waals surface area contributed by atoms with Gasteiger partial charge in [-0.05, 0) is 30.3 Å². The molecule has 1 aliphatic heterocycles. The van der Waals surface area contributed by atoms with Crippen molar-refractivity contribution in [2.24, 2.45) is 6.98 Å². The quantitative estimate of drug-likeness (QED) is 0.393. The second-order valence-electron chi connectivity index (χ2n) is 6.76. The molecule has 6 rings (SSSR count). The van der Waals surface area contributed by atoms with E-state index in [9.17, 15) is 0 Å². The standard InChI is InChI=1S/C23H18N3/c1-24-20-14-8-7-13-19(20)21-23(24)25-15-16-9-5-6-12-18(16)22(25)26(21)17-10-3-2-4-11-17/h2-14H,15H2,1H3/q+1/i1D3. The maximum atomic E-state index is 8.26. The van der Waals surface area contributed by atoms with Gasteiger partial charge in [0.2, 0.25) is 5.82 Å². The molecule has 0 saturated heterocycles. The van der Waals surface area contributed by atoms with Crippen molar-refractivity contribution in [1.82, 2.24) is 9.13 Å². The third kappa shape index (κ3) is 1.60. The number of para-hydroxylation sites is 2. The van der Waals surface area contributed by atoms with Gasteiger partial charge >= 0.3 is 0 Å². The molecule has 5 aromatic rings. The second-order valence-corrected chi connectivity index (χ2v) is 6.76. The van der Waals surface area contributed by atoms with E-state index in [2.05, 4.69) is 33.4 Å². The van der Waals surface area contributed by atoms with Gasteiger partial charge in [0.05, 0.1) is 28.6 Å². The van der Waals surface area contributed by atoms with Crippen LogP contribution in [0.15, 0.2) is 78.9 Å². The fourth-order valence-electron chi connectivity index (χ4n) is 4.30. The van der Waals surface area contributed by atoms with Gasteiger partial charge in [-0.3, -0.25) is 4.57 Å². The van der Waals surface area contributed by atoms with E-state index >= 15 is 0 Å². The summed E-state index contributed by atoms with van der Waals surface area (Å²) in [6, 6.07) is 26.3. The van der Waals surface area contributed by atoms with Gasteiger partial charge < -0.3 is 0 Å². The number of hydrogen-bond donors (Lipinski definition) is 0. The molecule has 0 saturated carbocycles. The normalized spacial score (nSPS) is 14.8. The lowest BCUT2D eigenvalue weighted by Gasteiger charge is -2.04. The fourth-order valence-corrected chi connectivity index (χ4v) is 4.30. The van der Waals surface area contributed by atoms with Gasteiger partial charge in [-0.15, -0.1) is 0 Å². The summed E-state index contributed by atoms with van der Waals surface area (Å²) in [5.41, 5.74) is 5.78. The van der Waals surface area contributed by atoms with Crippen molar-refractivity contribution >= 4 is 22.1 Å². The molecule has 3 heteroatoms. The monoisotopic (exact) mass is 339 g/mol. The fraction of sp³-hybridized carbons (Fsp3) is 0.0870. The van der Waals surface area contributed by atoms with Crippen LogP contribution in [0.2, 0.25) is 0 Å². The van der Waals surface area contributed by atoms with Crippen molar-refractivity contribution in [1.29, 1.82) is 0 Å². The third-order valence-electron chi connectivity index (χ3n) is 5.37. The molecule has 2 aromatic heterocycles. The van der Waals surface area contributed by atoms with Crippen molar-refractivity contribution in [2.45, 2.75) is 6.54 Å². The Labute approximate surface area is 155 Å². The molecule has 3 aromatic carbocycles. The highest BCUT2D eigenvalue weighted by atomic mass is 15.3. The molecule has 0 aliphatic carbocycles. The molecule has 1 aliphatic rings. The summed E-state index contributed by atoms with van der Waals surface area (Å²) in [5, 5.41) is 0.946. The van der Waals surface area contributed by atoms with Gasteiger partial charge in [-0.2, -0.15) is 0 Å². The van der Waals surface area contributed by atoms with Crippen molar-refractivity contribution < 1.29 is 8.68 Å². The Kier molecular flexibility index (Phi) is 2.11. The van der Waals surface area contributed by atoms with E-state index in [0.29, 0.717) is 6.54 Å². The lowest BCUT2D eigenvalue weighted by Crippen LogP contribution is -2.33. The number of aryl methyl sites for hydroxylation is 1. The molecule has 0 bridgehead atoms. The van der Waals surface area contributed by atoms with Crippen molar-refractivity contribution in [2.75, 3.05) is 0 Å². The predicted molar refractivity (Wildman–Crippen MR) is 104 cm³/mol. The first-order valence-electron chi connectivity index (χ1n) is 10.3. The molecular formula is C23H18N3+. The highest BCUT2D eigenvalue weighted by Crippen LogP contribution is 2.37. The van der Waals surface area contributed by atoms with Crippen molar-refractivity contribution in [3.05, 3.63) is 84.4 Å². The van der Waals surface area contributed by atoms with E-state index in [1.807, 2.05) is 54.6 Å². The van der Waals surface area contributed by atoms with Crippen LogP contribution in [-0.2, 0) is 13.5 Å².